The Morgan fingerprint density at radius 2 is 1.93 bits per heavy atom. The summed E-state index contributed by atoms with van der Waals surface area (Å²) < 4.78 is 0.941. The van der Waals surface area contributed by atoms with Crippen LogP contribution < -0.4 is 10.6 Å². The molecule has 3 rings (SSSR count). The fraction of sp³-hybridized carbons (Fsp3) is 0.250. The van der Waals surface area contributed by atoms with Gasteiger partial charge in [-0.3, -0.25) is 14.5 Å². The molecule has 2 N–H and O–H groups in total. The van der Waals surface area contributed by atoms with Gasteiger partial charge in [0.1, 0.15) is 12.6 Å². The summed E-state index contributed by atoms with van der Waals surface area (Å²) in [6.45, 7) is 1.61. The van der Waals surface area contributed by atoms with Crippen molar-refractivity contribution in [3.8, 4) is 0 Å². The fourth-order valence-electron chi connectivity index (χ4n) is 2.94. The molecule has 0 aliphatic carbocycles. The predicted molar refractivity (Wildman–Crippen MR) is 106 cm³/mol. The molecular formula is C20H20BrN3O3. The van der Waals surface area contributed by atoms with Crippen molar-refractivity contribution in [3.63, 3.8) is 0 Å². The molecule has 1 unspecified atom stereocenters. The molecule has 0 saturated carbocycles. The third-order valence-electron chi connectivity index (χ3n) is 4.41. The van der Waals surface area contributed by atoms with Crippen molar-refractivity contribution in [2.24, 2.45) is 0 Å². The van der Waals surface area contributed by atoms with Crippen molar-refractivity contribution < 1.29 is 14.4 Å². The van der Waals surface area contributed by atoms with Crippen molar-refractivity contribution >= 4 is 39.5 Å². The van der Waals surface area contributed by atoms with Crippen LogP contribution in [0.25, 0.3) is 0 Å². The molecule has 0 aromatic heterocycles. The van der Waals surface area contributed by atoms with E-state index in [0.29, 0.717) is 18.5 Å². The highest BCUT2D eigenvalue weighted by Crippen LogP contribution is 2.20. The summed E-state index contributed by atoms with van der Waals surface area (Å²) in [7, 11) is 0. The van der Waals surface area contributed by atoms with Crippen molar-refractivity contribution in [2.45, 2.75) is 25.8 Å². The number of hydrogen-bond donors (Lipinski definition) is 2. The van der Waals surface area contributed by atoms with Gasteiger partial charge in [-0.15, -0.1) is 0 Å². The average molecular weight is 430 g/mol. The molecule has 1 aliphatic rings. The summed E-state index contributed by atoms with van der Waals surface area (Å²) in [6, 6.07) is 14.0. The summed E-state index contributed by atoms with van der Waals surface area (Å²) in [5.74, 6) is -0.776. The maximum atomic E-state index is 12.5. The molecule has 0 spiro atoms. The van der Waals surface area contributed by atoms with Crippen molar-refractivity contribution in [3.05, 3.63) is 64.1 Å². The molecule has 4 amide bonds. The molecule has 6 nitrogen and oxygen atoms in total. The molecule has 7 heteroatoms. The first-order valence-electron chi connectivity index (χ1n) is 8.66. The van der Waals surface area contributed by atoms with Gasteiger partial charge in [0.25, 0.3) is 5.91 Å². The number of benzene rings is 2. The van der Waals surface area contributed by atoms with E-state index in [4.69, 9.17) is 0 Å². The minimum atomic E-state index is -0.597. The number of urea groups is 1. The Labute approximate surface area is 166 Å². The lowest BCUT2D eigenvalue weighted by Crippen LogP contribution is -2.38. The topological polar surface area (TPSA) is 78.5 Å². The van der Waals surface area contributed by atoms with E-state index in [2.05, 4.69) is 26.6 Å². The molecule has 1 heterocycles. The Hall–Kier alpha value is -2.67. The number of nitrogens with one attached hydrogen (secondary N) is 2. The first-order chi connectivity index (χ1) is 12.9. The van der Waals surface area contributed by atoms with Crippen LogP contribution in [0.15, 0.2) is 53.0 Å². The Bertz CT molecular complexity index is 870. The number of aryl methyl sites for hydroxylation is 2. The van der Waals surface area contributed by atoms with E-state index in [0.717, 1.165) is 20.5 Å². The monoisotopic (exact) mass is 429 g/mol. The summed E-state index contributed by atoms with van der Waals surface area (Å²) in [6.07, 6.45) is 1.17. The van der Waals surface area contributed by atoms with E-state index in [9.17, 15) is 14.4 Å². The highest BCUT2D eigenvalue weighted by Gasteiger charge is 2.38. The molecule has 1 atom stereocenters. The van der Waals surface area contributed by atoms with Crippen LogP contribution in [0.4, 0.5) is 10.5 Å². The smallest absolute Gasteiger partial charge is 0.325 e. The van der Waals surface area contributed by atoms with Gasteiger partial charge < -0.3 is 10.6 Å². The first-order valence-corrected chi connectivity index (χ1v) is 9.45. The molecule has 2 aromatic rings. The van der Waals surface area contributed by atoms with Crippen molar-refractivity contribution in [2.75, 3.05) is 11.9 Å². The summed E-state index contributed by atoms with van der Waals surface area (Å²) >= 11 is 3.40. The Balaban J connectivity index is 1.56. The lowest BCUT2D eigenvalue weighted by Gasteiger charge is -2.13. The van der Waals surface area contributed by atoms with Crippen LogP contribution in [0.5, 0.6) is 0 Å². The van der Waals surface area contributed by atoms with Gasteiger partial charge >= 0.3 is 6.03 Å². The van der Waals surface area contributed by atoms with Crippen LogP contribution in [0, 0.1) is 6.92 Å². The number of anilines is 1. The third-order valence-corrected chi connectivity index (χ3v) is 5.30. The lowest BCUT2D eigenvalue weighted by molar-refractivity contribution is -0.130. The average Bonchev–Trinajstić information content (AvgIpc) is 2.91. The maximum absolute atomic E-state index is 12.5. The van der Waals surface area contributed by atoms with Crippen molar-refractivity contribution in [1.82, 2.24) is 10.2 Å². The van der Waals surface area contributed by atoms with Crippen LogP contribution in [0.2, 0.25) is 0 Å². The number of imide groups is 1. The fourth-order valence-corrected chi connectivity index (χ4v) is 3.19. The van der Waals surface area contributed by atoms with E-state index in [1.807, 2.05) is 49.4 Å². The van der Waals surface area contributed by atoms with Gasteiger partial charge in [-0.05, 0) is 49.1 Å². The SMILES string of the molecule is Cc1cc(NC(=O)CN2C(=O)NC(CCc3ccccc3)C2=O)ccc1Br. The number of nitrogens with zero attached hydrogens (tertiary/aromatic N) is 1. The van der Waals surface area contributed by atoms with Crippen LogP contribution in [0.1, 0.15) is 17.5 Å². The molecule has 1 saturated heterocycles. The zero-order valence-electron chi connectivity index (χ0n) is 14.9. The van der Waals surface area contributed by atoms with Crippen LogP contribution in [0.3, 0.4) is 0 Å². The number of hydrogen-bond acceptors (Lipinski definition) is 3. The van der Waals surface area contributed by atoms with E-state index in [1.54, 1.807) is 6.07 Å². The van der Waals surface area contributed by atoms with E-state index in [-0.39, 0.29) is 12.5 Å². The minimum absolute atomic E-state index is 0.304. The van der Waals surface area contributed by atoms with Gasteiger partial charge in [0.05, 0.1) is 0 Å². The van der Waals surface area contributed by atoms with Crippen molar-refractivity contribution in [1.29, 1.82) is 0 Å². The highest BCUT2D eigenvalue weighted by atomic mass is 79.9. The molecular weight excluding hydrogens is 410 g/mol. The minimum Gasteiger partial charge on any atom is -0.326 e. The highest BCUT2D eigenvalue weighted by molar-refractivity contribution is 9.10. The second-order valence-electron chi connectivity index (χ2n) is 6.46. The standard InChI is InChI=1S/C20H20BrN3O3/c1-13-11-15(8-9-16(13)21)22-18(25)12-24-19(26)17(23-20(24)27)10-7-14-5-3-2-4-6-14/h2-6,8-9,11,17H,7,10,12H2,1H3,(H,22,25)(H,23,27). The number of amides is 4. The van der Waals surface area contributed by atoms with Gasteiger partial charge in [0.15, 0.2) is 0 Å². The largest absolute Gasteiger partial charge is 0.326 e. The maximum Gasteiger partial charge on any atom is 0.325 e. The third kappa shape index (κ3) is 4.74. The molecule has 2 aromatic carbocycles. The van der Waals surface area contributed by atoms with Crippen LogP contribution in [-0.2, 0) is 16.0 Å². The number of carbonyl (C=O) groups is 3. The van der Waals surface area contributed by atoms with E-state index >= 15 is 0 Å². The lowest BCUT2D eigenvalue weighted by atomic mass is 10.1. The number of rotatable bonds is 6. The van der Waals surface area contributed by atoms with Gasteiger partial charge in [-0.2, -0.15) is 0 Å². The second kappa shape index (κ2) is 8.35. The normalized spacial score (nSPS) is 16.4. The van der Waals surface area contributed by atoms with E-state index < -0.39 is 18.0 Å². The number of carbonyl (C=O) groups excluding carboxylic acids is 3. The second-order valence-corrected chi connectivity index (χ2v) is 7.32. The summed E-state index contributed by atoms with van der Waals surface area (Å²) in [4.78, 5) is 37.8. The number of halogens is 1. The van der Waals surface area contributed by atoms with Crippen LogP contribution >= 0.6 is 15.9 Å². The van der Waals surface area contributed by atoms with Gasteiger partial charge in [-0.1, -0.05) is 46.3 Å². The zero-order chi connectivity index (χ0) is 19.4. The summed E-state index contributed by atoms with van der Waals surface area (Å²) in [5.41, 5.74) is 2.69. The predicted octanol–water partition coefficient (Wildman–Crippen LogP) is 3.25. The zero-order valence-corrected chi connectivity index (χ0v) is 16.5. The summed E-state index contributed by atoms with van der Waals surface area (Å²) in [5, 5.41) is 5.38. The van der Waals surface area contributed by atoms with Gasteiger partial charge in [0.2, 0.25) is 5.91 Å². The molecule has 27 heavy (non-hydrogen) atoms. The molecule has 0 radical (unpaired) electrons. The molecule has 1 fully saturated rings. The Kier molecular flexibility index (Phi) is 5.91. The quantitative estimate of drug-likeness (QED) is 0.691. The molecule has 0 bridgehead atoms. The first kappa shape index (κ1) is 19.1. The van der Waals surface area contributed by atoms with Crippen LogP contribution in [-0.4, -0.2) is 35.3 Å². The Morgan fingerprint density at radius 3 is 2.63 bits per heavy atom. The molecule has 1 aliphatic heterocycles. The van der Waals surface area contributed by atoms with Gasteiger partial charge in [0, 0.05) is 10.2 Å². The van der Waals surface area contributed by atoms with E-state index in [1.165, 1.54) is 0 Å². The molecule has 140 valence electrons. The Morgan fingerprint density at radius 1 is 1.19 bits per heavy atom. The van der Waals surface area contributed by atoms with Gasteiger partial charge in [-0.25, -0.2) is 4.79 Å².